The second-order valence-electron chi connectivity index (χ2n) is 2.92. The highest BCUT2D eigenvalue weighted by Gasteiger charge is 2.07. The highest BCUT2D eigenvalue weighted by atomic mass is 16.5. The molecule has 72 valence electrons. The number of carbonyl (C=O) groups is 1. The molecule has 6 nitrogen and oxygen atoms in total. The number of aromatic nitrogens is 2. The third-order valence-corrected chi connectivity index (χ3v) is 1.24. The van der Waals surface area contributed by atoms with Gasteiger partial charge in [0.25, 0.3) is 5.95 Å². The van der Waals surface area contributed by atoms with Gasteiger partial charge in [-0.3, -0.25) is 10.1 Å². The van der Waals surface area contributed by atoms with Crippen molar-refractivity contribution in [2.24, 2.45) is 0 Å². The molecule has 1 amide bonds. The summed E-state index contributed by atoms with van der Waals surface area (Å²) < 4.78 is 4.68. The Morgan fingerprint density at radius 3 is 2.77 bits per heavy atom. The Bertz CT molecular complexity index is 294. The maximum Gasteiger partial charge on any atom is 0.270 e. The van der Waals surface area contributed by atoms with Crippen molar-refractivity contribution in [3.05, 3.63) is 5.89 Å². The van der Waals surface area contributed by atoms with E-state index in [1.807, 2.05) is 0 Å². The minimum absolute atomic E-state index is 0.161. The molecule has 1 N–H and O–H groups in total. The van der Waals surface area contributed by atoms with Gasteiger partial charge < -0.3 is 9.42 Å². The van der Waals surface area contributed by atoms with Gasteiger partial charge >= 0.3 is 0 Å². The van der Waals surface area contributed by atoms with Gasteiger partial charge in [-0.2, -0.15) is 4.98 Å². The van der Waals surface area contributed by atoms with E-state index in [1.54, 1.807) is 25.9 Å². The molecule has 0 bridgehead atoms. The molecule has 0 unspecified atom stereocenters. The summed E-state index contributed by atoms with van der Waals surface area (Å²) in [5.41, 5.74) is 0. The fraction of sp³-hybridized carbons (Fsp3) is 0.571. The summed E-state index contributed by atoms with van der Waals surface area (Å²) in [6, 6.07) is 0. The molecule has 1 rings (SSSR count). The molecule has 0 spiro atoms. The minimum atomic E-state index is -0.161. The topological polar surface area (TPSA) is 71.3 Å². The monoisotopic (exact) mass is 184 g/mol. The van der Waals surface area contributed by atoms with Crippen molar-refractivity contribution < 1.29 is 9.32 Å². The SMILES string of the molecule is Cc1nc(NC(=O)CN(C)C)no1. The van der Waals surface area contributed by atoms with Crippen molar-refractivity contribution in [2.45, 2.75) is 6.92 Å². The predicted octanol–water partition coefficient (Wildman–Crippen LogP) is -0.122. The van der Waals surface area contributed by atoms with Gasteiger partial charge in [-0.1, -0.05) is 0 Å². The fourth-order valence-corrected chi connectivity index (χ4v) is 0.801. The Morgan fingerprint density at radius 1 is 1.62 bits per heavy atom. The molecular formula is C7H12N4O2. The van der Waals surface area contributed by atoms with Crippen molar-refractivity contribution >= 4 is 11.9 Å². The Balaban J connectivity index is 2.45. The second kappa shape index (κ2) is 3.99. The molecule has 0 saturated heterocycles. The van der Waals surface area contributed by atoms with Crippen LogP contribution >= 0.6 is 0 Å². The molecular weight excluding hydrogens is 172 g/mol. The number of amides is 1. The molecule has 0 aliphatic rings. The van der Waals surface area contributed by atoms with Crippen molar-refractivity contribution in [2.75, 3.05) is 26.0 Å². The molecule has 13 heavy (non-hydrogen) atoms. The van der Waals surface area contributed by atoms with Crippen LogP contribution in [0, 0.1) is 6.92 Å². The van der Waals surface area contributed by atoms with E-state index in [0.29, 0.717) is 12.4 Å². The third kappa shape index (κ3) is 3.20. The van der Waals surface area contributed by atoms with Gasteiger partial charge in [-0.15, -0.1) is 0 Å². The van der Waals surface area contributed by atoms with Gasteiger partial charge in [-0.25, -0.2) is 0 Å². The molecule has 0 radical (unpaired) electrons. The smallest absolute Gasteiger partial charge is 0.270 e. The molecule has 0 fully saturated rings. The molecule has 1 heterocycles. The number of anilines is 1. The van der Waals surface area contributed by atoms with Gasteiger partial charge in [0.15, 0.2) is 0 Å². The Kier molecular flexibility index (Phi) is 2.97. The Hall–Kier alpha value is -1.43. The van der Waals surface area contributed by atoms with Gasteiger partial charge in [-0.05, 0) is 19.3 Å². The second-order valence-corrected chi connectivity index (χ2v) is 2.92. The number of likely N-dealkylation sites (N-methyl/N-ethyl adjacent to an activating group) is 1. The average molecular weight is 184 g/mol. The van der Waals surface area contributed by atoms with Crippen LogP contribution in [0.4, 0.5) is 5.95 Å². The first-order chi connectivity index (χ1) is 6.08. The number of hydrogen-bond donors (Lipinski definition) is 1. The number of rotatable bonds is 3. The first-order valence-electron chi connectivity index (χ1n) is 3.83. The lowest BCUT2D eigenvalue weighted by molar-refractivity contribution is -0.116. The third-order valence-electron chi connectivity index (χ3n) is 1.24. The Morgan fingerprint density at radius 2 is 2.31 bits per heavy atom. The molecule has 0 aromatic carbocycles. The Labute approximate surface area is 75.9 Å². The van der Waals surface area contributed by atoms with Crippen LogP contribution in [0.5, 0.6) is 0 Å². The highest BCUT2D eigenvalue weighted by Crippen LogP contribution is 1.99. The molecule has 1 aromatic rings. The van der Waals surface area contributed by atoms with Crippen molar-refractivity contribution in [3.8, 4) is 0 Å². The van der Waals surface area contributed by atoms with E-state index in [-0.39, 0.29) is 11.9 Å². The lowest BCUT2D eigenvalue weighted by atomic mass is 10.5. The van der Waals surface area contributed by atoms with Crippen LogP contribution in [0.25, 0.3) is 0 Å². The van der Waals surface area contributed by atoms with Crippen LogP contribution in [-0.2, 0) is 4.79 Å². The maximum atomic E-state index is 11.2. The first kappa shape index (κ1) is 9.66. The molecule has 0 aliphatic carbocycles. The van der Waals surface area contributed by atoms with E-state index in [4.69, 9.17) is 0 Å². The summed E-state index contributed by atoms with van der Waals surface area (Å²) in [6.45, 7) is 1.96. The van der Waals surface area contributed by atoms with Crippen LogP contribution in [0.1, 0.15) is 5.89 Å². The number of aryl methyl sites for hydroxylation is 1. The van der Waals surface area contributed by atoms with E-state index in [0.717, 1.165) is 0 Å². The summed E-state index contributed by atoms with van der Waals surface area (Å²) in [4.78, 5) is 16.7. The van der Waals surface area contributed by atoms with E-state index in [2.05, 4.69) is 20.0 Å². The summed E-state index contributed by atoms with van der Waals surface area (Å²) in [5, 5.41) is 6.02. The lowest BCUT2D eigenvalue weighted by Crippen LogP contribution is -2.27. The average Bonchev–Trinajstić information content (AvgIpc) is 2.33. The zero-order valence-corrected chi connectivity index (χ0v) is 7.87. The van der Waals surface area contributed by atoms with E-state index >= 15 is 0 Å². The summed E-state index contributed by atoms with van der Waals surface area (Å²) in [7, 11) is 3.61. The van der Waals surface area contributed by atoms with Crippen LogP contribution in [-0.4, -0.2) is 41.6 Å². The van der Waals surface area contributed by atoms with Gasteiger partial charge in [0.05, 0.1) is 6.54 Å². The quantitative estimate of drug-likeness (QED) is 0.709. The van der Waals surface area contributed by atoms with Crippen molar-refractivity contribution in [3.63, 3.8) is 0 Å². The zero-order chi connectivity index (χ0) is 9.84. The standard InChI is InChI=1S/C7H12N4O2/c1-5-8-7(10-13-5)9-6(12)4-11(2)3/h4H2,1-3H3,(H,9,10,12). The number of carbonyl (C=O) groups excluding carboxylic acids is 1. The van der Waals surface area contributed by atoms with E-state index in [9.17, 15) is 4.79 Å². The van der Waals surface area contributed by atoms with Crippen molar-refractivity contribution in [1.82, 2.24) is 15.0 Å². The number of hydrogen-bond acceptors (Lipinski definition) is 5. The van der Waals surface area contributed by atoms with Crippen LogP contribution in [0.15, 0.2) is 4.52 Å². The normalized spacial score (nSPS) is 10.5. The van der Waals surface area contributed by atoms with Gasteiger partial charge in [0.2, 0.25) is 11.8 Å². The summed E-state index contributed by atoms with van der Waals surface area (Å²) in [6.07, 6.45) is 0. The van der Waals surface area contributed by atoms with Crippen LogP contribution < -0.4 is 5.32 Å². The molecule has 0 aliphatic heterocycles. The van der Waals surface area contributed by atoms with Crippen molar-refractivity contribution in [1.29, 1.82) is 0 Å². The predicted molar refractivity (Wildman–Crippen MR) is 46.2 cm³/mol. The molecule has 0 atom stereocenters. The van der Waals surface area contributed by atoms with E-state index in [1.165, 1.54) is 0 Å². The van der Waals surface area contributed by atoms with Crippen LogP contribution in [0.3, 0.4) is 0 Å². The summed E-state index contributed by atoms with van der Waals surface area (Å²) in [5.74, 6) is 0.482. The largest absolute Gasteiger partial charge is 0.338 e. The van der Waals surface area contributed by atoms with Crippen LogP contribution in [0.2, 0.25) is 0 Å². The zero-order valence-electron chi connectivity index (χ0n) is 7.87. The number of nitrogens with zero attached hydrogens (tertiary/aromatic N) is 3. The molecule has 0 saturated carbocycles. The van der Waals surface area contributed by atoms with Gasteiger partial charge in [0, 0.05) is 6.92 Å². The minimum Gasteiger partial charge on any atom is -0.338 e. The number of nitrogens with one attached hydrogen (secondary N) is 1. The molecule has 6 heteroatoms. The summed E-state index contributed by atoms with van der Waals surface area (Å²) >= 11 is 0. The highest BCUT2D eigenvalue weighted by molar-refractivity contribution is 5.90. The molecule has 1 aromatic heterocycles. The van der Waals surface area contributed by atoms with Gasteiger partial charge in [0.1, 0.15) is 0 Å². The lowest BCUT2D eigenvalue weighted by Gasteiger charge is -2.06. The first-order valence-corrected chi connectivity index (χ1v) is 3.83. The van der Waals surface area contributed by atoms with E-state index < -0.39 is 0 Å². The maximum absolute atomic E-state index is 11.2. The fourth-order valence-electron chi connectivity index (χ4n) is 0.801.